The molecule has 1 aliphatic heterocycles. The second-order valence-electron chi connectivity index (χ2n) is 8.13. The van der Waals surface area contributed by atoms with E-state index in [0.29, 0.717) is 16.4 Å². The lowest BCUT2D eigenvalue weighted by atomic mass is 10.0. The van der Waals surface area contributed by atoms with E-state index in [1.807, 2.05) is 24.3 Å². The van der Waals surface area contributed by atoms with Gasteiger partial charge in [0.25, 0.3) is 0 Å². The number of alkyl halides is 3. The van der Waals surface area contributed by atoms with Crippen LogP contribution in [0.2, 0.25) is 5.15 Å². The number of hydrogen-bond acceptors (Lipinski definition) is 4. The first kappa shape index (κ1) is 21.0. The van der Waals surface area contributed by atoms with Crippen molar-refractivity contribution < 1.29 is 13.2 Å². The van der Waals surface area contributed by atoms with Crippen LogP contribution in [0.1, 0.15) is 0 Å². The first-order valence-electron chi connectivity index (χ1n) is 10.3. The molecule has 1 aliphatic rings. The van der Waals surface area contributed by atoms with Crippen LogP contribution in [-0.4, -0.2) is 58.8 Å². The number of likely N-dealkylation sites (N-methyl/N-ethyl adjacent to an activating group) is 1. The third-order valence-corrected chi connectivity index (χ3v) is 6.27. The molecule has 5 rings (SSSR count). The molecule has 0 bridgehead atoms. The summed E-state index contributed by atoms with van der Waals surface area (Å²) in [5.41, 5.74) is 4.11. The molecule has 0 aliphatic carbocycles. The Labute approximate surface area is 188 Å². The predicted molar refractivity (Wildman–Crippen MR) is 121 cm³/mol. The molecule has 3 heterocycles. The van der Waals surface area contributed by atoms with Crippen molar-refractivity contribution >= 4 is 39.2 Å². The third-order valence-electron chi connectivity index (χ3n) is 6.00. The molecule has 1 saturated heterocycles. The summed E-state index contributed by atoms with van der Waals surface area (Å²) in [6.07, 6.45) is -3.12. The highest BCUT2D eigenvalue weighted by molar-refractivity contribution is 6.34. The van der Waals surface area contributed by atoms with E-state index in [1.54, 1.807) is 6.07 Å². The first-order chi connectivity index (χ1) is 15.3. The van der Waals surface area contributed by atoms with E-state index in [9.17, 15) is 13.2 Å². The van der Waals surface area contributed by atoms with Gasteiger partial charge in [-0.15, -0.1) is 0 Å². The number of anilines is 1. The minimum Gasteiger partial charge on any atom is -0.369 e. The van der Waals surface area contributed by atoms with Crippen LogP contribution in [0.3, 0.4) is 0 Å². The Morgan fingerprint density at radius 1 is 0.938 bits per heavy atom. The molecule has 0 spiro atoms. The van der Waals surface area contributed by atoms with Gasteiger partial charge in [-0.1, -0.05) is 29.8 Å². The summed E-state index contributed by atoms with van der Waals surface area (Å²) in [6, 6.07) is 13.7. The molecule has 166 valence electrons. The molecule has 0 unspecified atom stereocenters. The van der Waals surface area contributed by atoms with E-state index >= 15 is 0 Å². The number of aromatic nitrogens is 3. The number of nitrogens with zero attached hydrogens (tertiary/aromatic N) is 5. The lowest BCUT2D eigenvalue weighted by Crippen LogP contribution is -2.44. The Kier molecular flexibility index (Phi) is 5.22. The molecule has 32 heavy (non-hydrogen) atoms. The van der Waals surface area contributed by atoms with Gasteiger partial charge in [-0.05, 0) is 42.4 Å². The average Bonchev–Trinajstić information content (AvgIpc) is 3.07. The fourth-order valence-corrected chi connectivity index (χ4v) is 4.56. The molecular weight excluding hydrogens is 439 g/mol. The maximum Gasteiger partial charge on any atom is 0.406 e. The smallest absolute Gasteiger partial charge is 0.369 e. The van der Waals surface area contributed by atoms with Gasteiger partial charge in [0.1, 0.15) is 23.9 Å². The summed E-state index contributed by atoms with van der Waals surface area (Å²) >= 11 is 6.17. The van der Waals surface area contributed by atoms with E-state index in [1.165, 1.54) is 12.0 Å². The lowest BCUT2D eigenvalue weighted by molar-refractivity contribution is -0.139. The lowest BCUT2D eigenvalue weighted by Gasteiger charge is -2.34. The fraction of sp³-hybridized carbons (Fsp3) is 0.304. The molecule has 1 fully saturated rings. The van der Waals surface area contributed by atoms with Crippen LogP contribution < -0.4 is 4.90 Å². The van der Waals surface area contributed by atoms with Crippen molar-refractivity contribution in [3.8, 4) is 11.1 Å². The van der Waals surface area contributed by atoms with Crippen molar-refractivity contribution in [2.45, 2.75) is 12.7 Å². The van der Waals surface area contributed by atoms with E-state index in [-0.39, 0.29) is 10.7 Å². The first-order valence-corrected chi connectivity index (χ1v) is 10.7. The zero-order valence-electron chi connectivity index (χ0n) is 17.4. The van der Waals surface area contributed by atoms with E-state index < -0.39 is 12.7 Å². The van der Waals surface area contributed by atoms with E-state index in [0.717, 1.165) is 41.9 Å². The van der Waals surface area contributed by atoms with E-state index in [4.69, 9.17) is 11.6 Å². The summed E-state index contributed by atoms with van der Waals surface area (Å²) in [6.45, 7) is 2.89. The Morgan fingerprint density at radius 2 is 1.62 bits per heavy atom. The largest absolute Gasteiger partial charge is 0.406 e. The second-order valence-corrected chi connectivity index (χ2v) is 8.49. The summed E-state index contributed by atoms with van der Waals surface area (Å²) in [4.78, 5) is 12.8. The van der Waals surface area contributed by atoms with Crippen molar-refractivity contribution in [3.05, 3.63) is 53.9 Å². The highest BCUT2D eigenvalue weighted by Crippen LogP contribution is 2.36. The highest BCUT2D eigenvalue weighted by Gasteiger charge is 2.31. The SMILES string of the molecule is CN1CCN(c2ccc(-c3ccc4c(c3)c3ncnc(Cl)c3n4CC(F)(F)F)cc2)CC1. The molecule has 9 heteroatoms. The molecule has 4 aromatic rings. The fourth-order valence-electron chi connectivity index (χ4n) is 4.33. The maximum atomic E-state index is 13.3. The van der Waals surface area contributed by atoms with Crippen LogP contribution in [-0.2, 0) is 6.54 Å². The van der Waals surface area contributed by atoms with E-state index in [2.05, 4.69) is 38.9 Å². The minimum atomic E-state index is -4.39. The van der Waals surface area contributed by atoms with Gasteiger partial charge >= 0.3 is 6.18 Å². The van der Waals surface area contributed by atoms with Crippen molar-refractivity contribution in [1.29, 1.82) is 0 Å². The third kappa shape index (κ3) is 3.89. The molecule has 0 N–H and O–H groups in total. The zero-order chi connectivity index (χ0) is 22.5. The molecule has 2 aromatic carbocycles. The molecular formula is C23H21ClF3N5. The van der Waals surface area contributed by atoms with Gasteiger partial charge in [-0.2, -0.15) is 13.2 Å². The van der Waals surface area contributed by atoms with Gasteiger partial charge in [0, 0.05) is 37.3 Å². The van der Waals surface area contributed by atoms with Crippen molar-refractivity contribution in [2.75, 3.05) is 38.1 Å². The topological polar surface area (TPSA) is 37.2 Å². The summed E-state index contributed by atoms with van der Waals surface area (Å²) in [5, 5.41) is 0.628. The van der Waals surface area contributed by atoms with Crippen LogP contribution in [0.15, 0.2) is 48.8 Å². The Morgan fingerprint density at radius 3 is 2.31 bits per heavy atom. The van der Waals surface area contributed by atoms with Crippen LogP contribution in [0.4, 0.5) is 18.9 Å². The zero-order valence-corrected chi connectivity index (χ0v) is 18.2. The van der Waals surface area contributed by atoms with Crippen LogP contribution in [0.25, 0.3) is 33.1 Å². The van der Waals surface area contributed by atoms with Crippen LogP contribution in [0.5, 0.6) is 0 Å². The monoisotopic (exact) mass is 459 g/mol. The number of piperazine rings is 1. The number of hydrogen-bond donors (Lipinski definition) is 0. The van der Waals surface area contributed by atoms with Crippen molar-refractivity contribution in [2.24, 2.45) is 0 Å². The molecule has 5 nitrogen and oxygen atoms in total. The van der Waals surface area contributed by atoms with Gasteiger partial charge < -0.3 is 14.4 Å². The molecule has 0 atom stereocenters. The van der Waals surface area contributed by atoms with Gasteiger partial charge in [-0.25, -0.2) is 9.97 Å². The van der Waals surface area contributed by atoms with Gasteiger partial charge in [0.15, 0.2) is 5.15 Å². The molecule has 0 amide bonds. The van der Waals surface area contributed by atoms with Gasteiger partial charge in [-0.3, -0.25) is 0 Å². The van der Waals surface area contributed by atoms with Crippen molar-refractivity contribution in [3.63, 3.8) is 0 Å². The average molecular weight is 460 g/mol. The van der Waals surface area contributed by atoms with Crippen LogP contribution >= 0.6 is 11.6 Å². The van der Waals surface area contributed by atoms with Gasteiger partial charge in [0.05, 0.1) is 5.52 Å². The Bertz CT molecular complexity index is 1280. The molecule has 0 radical (unpaired) electrons. The van der Waals surface area contributed by atoms with Crippen LogP contribution in [0, 0.1) is 0 Å². The number of fused-ring (bicyclic) bond motifs is 3. The maximum absolute atomic E-state index is 13.3. The minimum absolute atomic E-state index is 0.00790. The summed E-state index contributed by atoms with van der Waals surface area (Å²) in [5.74, 6) is 0. The number of benzene rings is 2. The summed E-state index contributed by atoms with van der Waals surface area (Å²) in [7, 11) is 2.13. The Hall–Kier alpha value is -2.84. The quantitative estimate of drug-likeness (QED) is 0.394. The molecule has 2 aromatic heterocycles. The Balaban J connectivity index is 1.55. The van der Waals surface area contributed by atoms with Gasteiger partial charge in [0.2, 0.25) is 0 Å². The summed E-state index contributed by atoms with van der Waals surface area (Å²) < 4.78 is 40.9. The number of halogens is 4. The normalized spacial score (nSPS) is 15.7. The standard InChI is InChI=1S/C23H21ClF3N5/c1-30-8-10-31(11-9-30)17-5-2-15(3-6-17)16-4-7-19-18(12-16)20-21(22(24)29-14-28-20)32(19)13-23(25,26)27/h2-7,12,14H,8-11,13H2,1H3. The highest BCUT2D eigenvalue weighted by atomic mass is 35.5. The number of rotatable bonds is 3. The predicted octanol–water partition coefficient (Wildman–Crippen LogP) is 5.22. The second kappa shape index (κ2) is 7.94. The molecule has 0 saturated carbocycles. The van der Waals surface area contributed by atoms with Crippen molar-refractivity contribution in [1.82, 2.24) is 19.4 Å².